The number of likely N-dealkylation sites (N-methyl/N-ethyl adjacent to an activating group) is 1. The standard InChI is InChI=1S/C14H32ClN2O3.C8H10/c1-14(2,16-15)6-7-17(3,4)8-9-19-12-13-20-11-10-18-5;1-7-3-5-8(2)6-4-7/h16H,6-13H2,1-5H3;3-6H,1-2H3/q+1;. The number of benzene rings is 1. The molecule has 164 valence electrons. The third-order valence-corrected chi connectivity index (χ3v) is 4.97. The quantitative estimate of drug-likeness (QED) is 0.299. The SMILES string of the molecule is COCCOCCOCC[N+](C)(C)CCC(C)(C)NCl.Cc1ccc(C)cc1. The predicted octanol–water partition coefficient (Wildman–Crippen LogP) is 3.96. The molecule has 0 spiro atoms. The van der Waals surface area contributed by atoms with E-state index in [-0.39, 0.29) is 5.54 Å². The van der Waals surface area contributed by atoms with Gasteiger partial charge in [-0.15, -0.1) is 0 Å². The number of nitrogens with one attached hydrogen (secondary N) is 1. The highest BCUT2D eigenvalue weighted by Gasteiger charge is 2.22. The summed E-state index contributed by atoms with van der Waals surface area (Å²) in [6.45, 7) is 13.7. The molecule has 0 bridgehead atoms. The van der Waals surface area contributed by atoms with Gasteiger partial charge in [0.15, 0.2) is 0 Å². The minimum Gasteiger partial charge on any atom is -0.382 e. The molecule has 0 heterocycles. The lowest BCUT2D eigenvalue weighted by atomic mass is 10.0. The van der Waals surface area contributed by atoms with E-state index in [0.717, 1.165) is 30.6 Å². The second kappa shape index (κ2) is 15.2. The molecule has 0 atom stereocenters. The van der Waals surface area contributed by atoms with E-state index in [0.29, 0.717) is 26.4 Å². The topological polar surface area (TPSA) is 39.7 Å². The molecule has 1 aromatic rings. The van der Waals surface area contributed by atoms with Crippen molar-refractivity contribution in [3.05, 3.63) is 35.4 Å². The lowest BCUT2D eigenvalue weighted by molar-refractivity contribution is -0.891. The molecular weight excluding hydrogens is 376 g/mol. The molecule has 0 aromatic heterocycles. The average molecular weight is 418 g/mol. The first-order chi connectivity index (χ1) is 13.1. The maximum Gasteiger partial charge on any atom is 0.102 e. The van der Waals surface area contributed by atoms with Gasteiger partial charge in [-0.25, -0.2) is 4.84 Å². The predicted molar refractivity (Wildman–Crippen MR) is 119 cm³/mol. The summed E-state index contributed by atoms with van der Waals surface area (Å²) < 4.78 is 16.7. The van der Waals surface area contributed by atoms with Gasteiger partial charge in [0.1, 0.15) is 6.54 Å². The molecule has 5 nitrogen and oxygen atoms in total. The first-order valence-corrected chi connectivity index (χ1v) is 10.4. The molecule has 0 unspecified atom stereocenters. The van der Waals surface area contributed by atoms with E-state index in [4.69, 9.17) is 26.0 Å². The van der Waals surface area contributed by atoms with Crippen LogP contribution in [0.4, 0.5) is 0 Å². The van der Waals surface area contributed by atoms with Gasteiger partial charge < -0.3 is 18.7 Å². The van der Waals surface area contributed by atoms with Crippen LogP contribution in [0.3, 0.4) is 0 Å². The summed E-state index contributed by atoms with van der Waals surface area (Å²) in [5, 5.41) is 0. The Morgan fingerprint density at radius 1 is 0.857 bits per heavy atom. The van der Waals surface area contributed by atoms with E-state index in [2.05, 4.69) is 70.9 Å². The van der Waals surface area contributed by atoms with Crippen molar-refractivity contribution in [1.29, 1.82) is 0 Å². The van der Waals surface area contributed by atoms with Crippen LogP contribution < -0.4 is 4.84 Å². The number of methoxy groups -OCH3 is 1. The summed E-state index contributed by atoms with van der Waals surface area (Å²) in [5.41, 5.74) is 2.62. The van der Waals surface area contributed by atoms with Crippen LogP contribution in [0.5, 0.6) is 0 Å². The maximum absolute atomic E-state index is 5.72. The van der Waals surface area contributed by atoms with Crippen LogP contribution in [0.25, 0.3) is 0 Å². The Hall–Kier alpha value is -0.690. The smallest absolute Gasteiger partial charge is 0.102 e. The Labute approximate surface area is 178 Å². The van der Waals surface area contributed by atoms with E-state index >= 15 is 0 Å². The second-order valence-corrected chi connectivity index (χ2v) is 8.67. The molecule has 1 N–H and O–H groups in total. The van der Waals surface area contributed by atoms with Gasteiger partial charge in [0.25, 0.3) is 0 Å². The summed E-state index contributed by atoms with van der Waals surface area (Å²) in [6.07, 6.45) is 1.02. The summed E-state index contributed by atoms with van der Waals surface area (Å²) in [4.78, 5) is 2.82. The molecule has 0 fully saturated rings. The normalized spacial score (nSPS) is 11.9. The first kappa shape index (κ1) is 27.3. The largest absolute Gasteiger partial charge is 0.382 e. The Bertz CT molecular complexity index is 472. The number of hydrogen-bond acceptors (Lipinski definition) is 4. The molecular formula is C22H42ClN2O3+. The molecule has 0 saturated heterocycles. The summed E-state index contributed by atoms with van der Waals surface area (Å²) in [5.74, 6) is 0. The Kier molecular flexibility index (Phi) is 14.8. The highest BCUT2D eigenvalue weighted by molar-refractivity contribution is 6.13. The van der Waals surface area contributed by atoms with Gasteiger partial charge >= 0.3 is 0 Å². The van der Waals surface area contributed by atoms with Crippen LogP contribution in [0.2, 0.25) is 0 Å². The summed E-state index contributed by atoms with van der Waals surface area (Å²) in [6, 6.07) is 8.48. The molecule has 0 aliphatic rings. The number of halogens is 1. The van der Waals surface area contributed by atoms with Gasteiger partial charge in [-0.2, -0.15) is 0 Å². The summed E-state index contributed by atoms with van der Waals surface area (Å²) >= 11 is 5.72. The van der Waals surface area contributed by atoms with Crippen molar-refractivity contribution in [2.45, 2.75) is 39.7 Å². The van der Waals surface area contributed by atoms with E-state index in [1.807, 2.05) is 0 Å². The maximum atomic E-state index is 5.72. The molecule has 0 aliphatic heterocycles. The highest BCUT2D eigenvalue weighted by Crippen LogP contribution is 2.12. The van der Waals surface area contributed by atoms with E-state index in [1.54, 1.807) is 7.11 Å². The lowest BCUT2D eigenvalue weighted by Crippen LogP contribution is -2.47. The van der Waals surface area contributed by atoms with Crippen molar-refractivity contribution in [3.63, 3.8) is 0 Å². The highest BCUT2D eigenvalue weighted by atomic mass is 35.5. The molecule has 6 heteroatoms. The fourth-order valence-electron chi connectivity index (χ4n) is 2.15. The zero-order valence-electron chi connectivity index (χ0n) is 19.0. The van der Waals surface area contributed by atoms with Gasteiger partial charge in [-0.05, 0) is 39.5 Å². The third kappa shape index (κ3) is 16.3. The van der Waals surface area contributed by atoms with Crippen molar-refractivity contribution in [2.24, 2.45) is 0 Å². The molecule has 1 rings (SSSR count). The Balaban J connectivity index is 0.000000749. The van der Waals surface area contributed by atoms with Crippen molar-refractivity contribution in [1.82, 2.24) is 4.84 Å². The van der Waals surface area contributed by atoms with Crippen LogP contribution in [0.1, 0.15) is 31.4 Å². The van der Waals surface area contributed by atoms with E-state index in [9.17, 15) is 0 Å². The average Bonchev–Trinajstić information content (AvgIpc) is 2.65. The van der Waals surface area contributed by atoms with Crippen molar-refractivity contribution >= 4 is 11.8 Å². The number of aryl methyl sites for hydroxylation is 2. The van der Waals surface area contributed by atoms with Gasteiger partial charge in [0.2, 0.25) is 0 Å². The minimum atomic E-state index is -0.0346. The fourth-order valence-corrected chi connectivity index (χ4v) is 2.25. The van der Waals surface area contributed by atoms with Crippen LogP contribution in [0, 0.1) is 13.8 Å². The second-order valence-electron chi connectivity index (χ2n) is 8.48. The Morgan fingerprint density at radius 3 is 1.79 bits per heavy atom. The number of hydrogen-bond donors (Lipinski definition) is 1. The van der Waals surface area contributed by atoms with Crippen LogP contribution in [-0.4, -0.2) is 77.4 Å². The number of rotatable bonds is 13. The minimum absolute atomic E-state index is 0.0346. The van der Waals surface area contributed by atoms with Crippen molar-refractivity contribution < 1.29 is 18.7 Å². The van der Waals surface area contributed by atoms with E-state index in [1.165, 1.54) is 11.1 Å². The fraction of sp³-hybridized carbons (Fsp3) is 0.727. The number of ether oxygens (including phenoxy) is 3. The molecule has 0 saturated carbocycles. The third-order valence-electron chi connectivity index (χ3n) is 4.46. The van der Waals surface area contributed by atoms with E-state index < -0.39 is 0 Å². The molecule has 0 radical (unpaired) electrons. The zero-order chi connectivity index (χ0) is 21.5. The van der Waals surface area contributed by atoms with Gasteiger partial charge in [0.05, 0.1) is 53.7 Å². The first-order valence-electron chi connectivity index (χ1n) is 9.99. The van der Waals surface area contributed by atoms with Gasteiger partial charge in [-0.3, -0.25) is 0 Å². The Morgan fingerprint density at radius 2 is 1.32 bits per heavy atom. The monoisotopic (exact) mass is 417 g/mol. The number of quaternary nitrogens is 1. The zero-order valence-corrected chi connectivity index (χ0v) is 19.8. The van der Waals surface area contributed by atoms with Crippen molar-refractivity contribution in [2.75, 3.05) is 67.3 Å². The van der Waals surface area contributed by atoms with Gasteiger partial charge in [0, 0.05) is 19.1 Å². The molecule has 0 aliphatic carbocycles. The van der Waals surface area contributed by atoms with Crippen LogP contribution in [0.15, 0.2) is 24.3 Å². The molecule has 1 aromatic carbocycles. The summed E-state index contributed by atoms with van der Waals surface area (Å²) in [7, 11) is 6.09. The van der Waals surface area contributed by atoms with Crippen molar-refractivity contribution in [3.8, 4) is 0 Å². The van der Waals surface area contributed by atoms with Gasteiger partial charge in [-0.1, -0.05) is 35.4 Å². The van der Waals surface area contributed by atoms with Crippen LogP contribution in [-0.2, 0) is 14.2 Å². The lowest BCUT2D eigenvalue weighted by Gasteiger charge is -2.33. The van der Waals surface area contributed by atoms with Crippen LogP contribution >= 0.6 is 11.8 Å². The number of nitrogens with zero attached hydrogens (tertiary/aromatic N) is 1. The molecule has 28 heavy (non-hydrogen) atoms. The molecule has 0 amide bonds.